The highest BCUT2D eigenvalue weighted by molar-refractivity contribution is 5.89. The molecule has 0 bridgehead atoms. The van der Waals surface area contributed by atoms with E-state index in [1.165, 1.54) is 7.11 Å². The van der Waals surface area contributed by atoms with E-state index in [2.05, 4.69) is 10.00 Å². The Bertz CT molecular complexity index is 428. The number of fused-ring (bicyclic) bond motifs is 1. The fraction of sp³-hybridized carbons (Fsp3) is 0.636. The van der Waals surface area contributed by atoms with Crippen molar-refractivity contribution in [2.24, 2.45) is 7.05 Å². The lowest BCUT2D eigenvalue weighted by atomic mass is 10.1. The molecule has 1 aromatic rings. The van der Waals surface area contributed by atoms with E-state index < -0.39 is 5.97 Å². The van der Waals surface area contributed by atoms with Crippen LogP contribution in [0.15, 0.2) is 0 Å². The van der Waals surface area contributed by atoms with Crippen LogP contribution < -0.4 is 0 Å². The smallest absolute Gasteiger partial charge is 0.358 e. The number of ether oxygens (including phenoxy) is 1. The number of rotatable bonds is 3. The van der Waals surface area contributed by atoms with E-state index in [0.29, 0.717) is 18.8 Å². The minimum Gasteiger partial charge on any atom is -0.464 e. The van der Waals surface area contributed by atoms with Gasteiger partial charge in [0.1, 0.15) is 0 Å². The summed E-state index contributed by atoms with van der Waals surface area (Å²) in [5.74, 6) is -0.396. The fourth-order valence-corrected chi connectivity index (χ4v) is 2.24. The van der Waals surface area contributed by atoms with Gasteiger partial charge in [-0.25, -0.2) is 4.79 Å². The minimum atomic E-state index is -0.396. The highest BCUT2D eigenvalue weighted by Crippen LogP contribution is 2.22. The molecule has 17 heavy (non-hydrogen) atoms. The third kappa shape index (κ3) is 2.18. The number of hydrogen-bond acceptors (Lipinski definition) is 5. The Morgan fingerprint density at radius 1 is 1.59 bits per heavy atom. The number of aliphatic hydroxyl groups is 1. The van der Waals surface area contributed by atoms with Crippen LogP contribution in [0.1, 0.15) is 21.7 Å². The van der Waals surface area contributed by atoms with Crippen LogP contribution in [0.2, 0.25) is 0 Å². The Balaban J connectivity index is 2.30. The van der Waals surface area contributed by atoms with Crippen LogP contribution in [0.25, 0.3) is 0 Å². The van der Waals surface area contributed by atoms with Crippen molar-refractivity contribution in [3.63, 3.8) is 0 Å². The van der Waals surface area contributed by atoms with Crippen molar-refractivity contribution in [2.75, 3.05) is 26.8 Å². The molecule has 0 unspecified atom stereocenters. The van der Waals surface area contributed by atoms with E-state index in [9.17, 15) is 4.79 Å². The molecule has 0 aromatic carbocycles. The summed E-state index contributed by atoms with van der Waals surface area (Å²) >= 11 is 0. The molecule has 0 fully saturated rings. The van der Waals surface area contributed by atoms with Crippen LogP contribution in [-0.4, -0.2) is 52.6 Å². The van der Waals surface area contributed by atoms with Crippen molar-refractivity contribution in [1.29, 1.82) is 0 Å². The Hall–Kier alpha value is -1.40. The molecule has 2 heterocycles. The lowest BCUT2D eigenvalue weighted by Crippen LogP contribution is -2.33. The molecule has 94 valence electrons. The second-order valence-corrected chi connectivity index (χ2v) is 4.14. The van der Waals surface area contributed by atoms with Crippen LogP contribution >= 0.6 is 0 Å². The molecular formula is C11H17N3O3. The molecule has 2 rings (SSSR count). The normalized spacial score (nSPS) is 15.7. The van der Waals surface area contributed by atoms with Gasteiger partial charge in [0.2, 0.25) is 0 Å². The zero-order chi connectivity index (χ0) is 12.4. The standard InChI is InChI=1S/C11H17N3O3/c1-13-9-3-4-14(5-6-15)7-8(9)10(12-13)11(16)17-2/h15H,3-7H2,1-2H3. The number of aliphatic hydroxyl groups excluding tert-OH is 1. The zero-order valence-electron chi connectivity index (χ0n) is 10.1. The third-order valence-corrected chi connectivity index (χ3v) is 3.12. The monoisotopic (exact) mass is 239 g/mol. The first-order chi connectivity index (χ1) is 8.17. The summed E-state index contributed by atoms with van der Waals surface area (Å²) in [5, 5.41) is 13.2. The Morgan fingerprint density at radius 2 is 2.35 bits per heavy atom. The number of aromatic nitrogens is 2. The molecule has 1 aliphatic heterocycles. The predicted molar refractivity (Wildman–Crippen MR) is 60.6 cm³/mol. The molecule has 0 atom stereocenters. The molecule has 0 saturated carbocycles. The van der Waals surface area contributed by atoms with Crippen molar-refractivity contribution in [2.45, 2.75) is 13.0 Å². The Kier molecular flexibility index (Phi) is 3.44. The maximum absolute atomic E-state index is 11.6. The molecular weight excluding hydrogens is 222 g/mol. The average Bonchev–Trinajstić information content (AvgIpc) is 2.66. The molecule has 1 aromatic heterocycles. The molecule has 0 radical (unpaired) electrons. The van der Waals surface area contributed by atoms with Gasteiger partial charge < -0.3 is 9.84 Å². The SMILES string of the molecule is COC(=O)c1nn(C)c2c1CN(CCO)CC2. The van der Waals surface area contributed by atoms with Crippen molar-refractivity contribution in [1.82, 2.24) is 14.7 Å². The number of methoxy groups -OCH3 is 1. The van der Waals surface area contributed by atoms with E-state index in [4.69, 9.17) is 9.84 Å². The number of carbonyl (C=O) groups is 1. The summed E-state index contributed by atoms with van der Waals surface area (Å²) in [4.78, 5) is 13.7. The van der Waals surface area contributed by atoms with E-state index in [1.54, 1.807) is 4.68 Å². The van der Waals surface area contributed by atoms with Crippen LogP contribution in [0.4, 0.5) is 0 Å². The summed E-state index contributed by atoms with van der Waals surface area (Å²) < 4.78 is 6.48. The van der Waals surface area contributed by atoms with Gasteiger partial charge in [0, 0.05) is 44.4 Å². The van der Waals surface area contributed by atoms with Gasteiger partial charge in [-0.15, -0.1) is 0 Å². The lowest BCUT2D eigenvalue weighted by Gasteiger charge is -2.26. The predicted octanol–water partition coefficient (Wildman–Crippen LogP) is -0.443. The van der Waals surface area contributed by atoms with Gasteiger partial charge in [0.05, 0.1) is 13.7 Å². The van der Waals surface area contributed by atoms with Crippen molar-refractivity contribution < 1.29 is 14.6 Å². The van der Waals surface area contributed by atoms with Crippen molar-refractivity contribution >= 4 is 5.97 Å². The summed E-state index contributed by atoms with van der Waals surface area (Å²) in [5.41, 5.74) is 2.41. The quantitative estimate of drug-likeness (QED) is 0.724. The van der Waals surface area contributed by atoms with Gasteiger partial charge in [0.25, 0.3) is 0 Å². The molecule has 0 aliphatic carbocycles. The maximum atomic E-state index is 11.6. The van der Waals surface area contributed by atoms with Gasteiger partial charge in [-0.05, 0) is 0 Å². The zero-order valence-corrected chi connectivity index (χ0v) is 10.1. The summed E-state index contributed by atoms with van der Waals surface area (Å²) in [6.07, 6.45) is 0.843. The van der Waals surface area contributed by atoms with E-state index in [1.807, 2.05) is 7.05 Å². The largest absolute Gasteiger partial charge is 0.464 e. The molecule has 6 nitrogen and oxygen atoms in total. The first-order valence-corrected chi connectivity index (χ1v) is 5.63. The van der Waals surface area contributed by atoms with Crippen molar-refractivity contribution in [3.05, 3.63) is 17.0 Å². The van der Waals surface area contributed by atoms with E-state index >= 15 is 0 Å². The van der Waals surface area contributed by atoms with Gasteiger partial charge >= 0.3 is 5.97 Å². The number of carbonyl (C=O) groups excluding carboxylic acids is 1. The van der Waals surface area contributed by atoms with Crippen LogP contribution in [0.5, 0.6) is 0 Å². The second-order valence-electron chi connectivity index (χ2n) is 4.14. The van der Waals surface area contributed by atoms with Crippen LogP contribution in [0.3, 0.4) is 0 Å². The van der Waals surface area contributed by atoms with Crippen molar-refractivity contribution in [3.8, 4) is 0 Å². The molecule has 0 saturated heterocycles. The summed E-state index contributed by atoms with van der Waals surface area (Å²) in [7, 11) is 3.20. The topological polar surface area (TPSA) is 67.6 Å². The van der Waals surface area contributed by atoms with Crippen LogP contribution in [-0.2, 0) is 24.8 Å². The number of nitrogens with zero attached hydrogens (tertiary/aromatic N) is 3. The highest BCUT2D eigenvalue weighted by Gasteiger charge is 2.27. The average molecular weight is 239 g/mol. The molecule has 0 spiro atoms. The minimum absolute atomic E-state index is 0.128. The van der Waals surface area contributed by atoms with Gasteiger partial charge in [-0.1, -0.05) is 0 Å². The first kappa shape index (κ1) is 12.1. The van der Waals surface area contributed by atoms with Gasteiger partial charge in [-0.3, -0.25) is 9.58 Å². The number of aryl methyl sites for hydroxylation is 1. The second kappa shape index (κ2) is 4.85. The highest BCUT2D eigenvalue weighted by atomic mass is 16.5. The van der Waals surface area contributed by atoms with Gasteiger partial charge in [0.15, 0.2) is 5.69 Å². The summed E-state index contributed by atoms with van der Waals surface area (Å²) in [6, 6.07) is 0. The molecule has 0 amide bonds. The number of hydrogen-bond donors (Lipinski definition) is 1. The Morgan fingerprint density at radius 3 is 3.00 bits per heavy atom. The lowest BCUT2D eigenvalue weighted by molar-refractivity contribution is 0.0590. The number of β-amino-alcohol motifs (C(OH)–C–C–N with tert-alkyl or cyclic N) is 1. The maximum Gasteiger partial charge on any atom is 0.358 e. The number of esters is 1. The molecule has 6 heteroatoms. The van der Waals surface area contributed by atoms with Crippen LogP contribution in [0, 0.1) is 0 Å². The fourth-order valence-electron chi connectivity index (χ4n) is 2.24. The van der Waals surface area contributed by atoms with E-state index in [-0.39, 0.29) is 6.61 Å². The first-order valence-electron chi connectivity index (χ1n) is 5.63. The Labute approximate surface area is 99.8 Å². The third-order valence-electron chi connectivity index (χ3n) is 3.12. The van der Waals surface area contributed by atoms with Gasteiger partial charge in [-0.2, -0.15) is 5.10 Å². The van der Waals surface area contributed by atoms with E-state index in [0.717, 1.165) is 24.2 Å². The molecule has 1 N–H and O–H groups in total. The summed E-state index contributed by atoms with van der Waals surface area (Å²) in [6.45, 7) is 2.28. The molecule has 1 aliphatic rings.